The second kappa shape index (κ2) is 14.8. The summed E-state index contributed by atoms with van der Waals surface area (Å²) in [5.41, 5.74) is 12.9. The van der Waals surface area contributed by atoms with Crippen LogP contribution in [0, 0.1) is 6.07 Å². The normalized spacial score (nSPS) is 12.1. The second-order valence-corrected chi connectivity index (χ2v) is 17.6. The molecule has 0 unspecified atom stereocenters. The molecule has 3 heterocycles. The maximum atomic E-state index is 11.4. The van der Waals surface area contributed by atoms with E-state index in [-0.39, 0.29) is 37.6 Å². The summed E-state index contributed by atoms with van der Waals surface area (Å²) in [6.07, 6.45) is 1.93. The van der Waals surface area contributed by atoms with Crippen LogP contribution >= 0.6 is 0 Å². The average Bonchev–Trinajstić information content (AvgIpc) is 3.82. The molecule has 0 aliphatic rings. The molecule has 10 rings (SSSR count). The number of imidazole rings is 1. The minimum atomic E-state index is -0.172. The Kier molecular flexibility index (Phi) is 9.64. The number of pyridine rings is 1. The van der Waals surface area contributed by atoms with Crippen LogP contribution in [0.2, 0.25) is 0 Å². The maximum Gasteiger partial charge on any atom is 0.148 e. The van der Waals surface area contributed by atoms with E-state index in [9.17, 15) is 5.11 Å². The molecule has 60 heavy (non-hydrogen) atoms. The van der Waals surface area contributed by atoms with Crippen LogP contribution in [0.1, 0.15) is 52.7 Å². The number of furan rings is 1. The molecule has 298 valence electrons. The third kappa shape index (κ3) is 6.72. The van der Waals surface area contributed by atoms with E-state index in [0.717, 1.165) is 88.5 Å². The van der Waals surface area contributed by atoms with Crippen molar-refractivity contribution < 1.29 is 30.6 Å². The number of benzene rings is 7. The zero-order chi connectivity index (χ0) is 40.6. The largest absolute Gasteiger partial charge is 0.507 e. The van der Waals surface area contributed by atoms with Gasteiger partial charge in [0.25, 0.3) is 0 Å². The predicted molar refractivity (Wildman–Crippen MR) is 243 cm³/mol. The molecule has 0 spiro atoms. The Bertz CT molecular complexity index is 3250. The molecular formula is C54H44N3O2Pt-. The van der Waals surface area contributed by atoms with Crippen LogP contribution in [-0.2, 0) is 31.9 Å². The van der Waals surface area contributed by atoms with Gasteiger partial charge in [0.2, 0.25) is 0 Å². The fraction of sp³-hybridized carbons (Fsp3) is 0.148. The molecule has 6 heteroatoms. The van der Waals surface area contributed by atoms with Crippen molar-refractivity contribution in [3.05, 3.63) is 169 Å². The molecule has 10 aromatic rings. The monoisotopic (exact) mass is 961 g/mol. The summed E-state index contributed by atoms with van der Waals surface area (Å²) in [7, 11) is 0. The Morgan fingerprint density at radius 3 is 2.10 bits per heavy atom. The van der Waals surface area contributed by atoms with Gasteiger partial charge in [-0.3, -0.25) is 9.55 Å². The molecule has 0 bridgehead atoms. The van der Waals surface area contributed by atoms with Crippen LogP contribution in [-0.4, -0.2) is 19.6 Å². The number of hydrogen-bond donors (Lipinski definition) is 1. The van der Waals surface area contributed by atoms with Crippen molar-refractivity contribution in [2.75, 3.05) is 0 Å². The van der Waals surface area contributed by atoms with Crippen LogP contribution in [0.3, 0.4) is 0 Å². The molecule has 5 nitrogen and oxygen atoms in total. The number of para-hydroxylation sites is 2. The molecule has 3 aromatic heterocycles. The molecule has 1 N–H and O–H groups in total. The van der Waals surface area contributed by atoms with E-state index in [1.54, 1.807) is 6.07 Å². The van der Waals surface area contributed by atoms with Crippen LogP contribution in [0.4, 0.5) is 0 Å². The van der Waals surface area contributed by atoms with Crippen molar-refractivity contribution in [1.82, 2.24) is 14.5 Å². The van der Waals surface area contributed by atoms with Gasteiger partial charge in [-0.15, -0.1) is 29.3 Å². The quantitative estimate of drug-likeness (QED) is 0.175. The van der Waals surface area contributed by atoms with Crippen LogP contribution in [0.15, 0.2) is 156 Å². The van der Waals surface area contributed by atoms with Crippen molar-refractivity contribution in [3.8, 4) is 56.3 Å². The van der Waals surface area contributed by atoms with Gasteiger partial charge in [-0.05, 0) is 69.8 Å². The third-order valence-corrected chi connectivity index (χ3v) is 11.6. The van der Waals surface area contributed by atoms with Crippen molar-refractivity contribution in [2.45, 2.75) is 52.4 Å². The first-order valence-corrected chi connectivity index (χ1v) is 20.2. The van der Waals surface area contributed by atoms with E-state index in [4.69, 9.17) is 14.4 Å². The van der Waals surface area contributed by atoms with Gasteiger partial charge in [0.1, 0.15) is 22.7 Å². The van der Waals surface area contributed by atoms with Crippen molar-refractivity contribution in [3.63, 3.8) is 0 Å². The van der Waals surface area contributed by atoms with Gasteiger partial charge in [-0.25, -0.2) is 4.98 Å². The number of phenols is 1. The first-order chi connectivity index (χ1) is 28.4. The number of phenolic OH excluding ortho intramolecular Hbond substituents is 1. The SMILES string of the molecule is CC(C)(C)c1cc(-c2cc3oc4c5ccccc5ccc4c3cn2)[c-]c(-c2cccc3c2nc(-c2ccccc2O)n3-c2ccc(C(C)(C)C)cc2-c2ccccc2)c1.[Pt]. The number of aromatic hydroxyl groups is 1. The van der Waals surface area contributed by atoms with Gasteiger partial charge in [0, 0.05) is 54.7 Å². The molecule has 0 amide bonds. The summed E-state index contributed by atoms with van der Waals surface area (Å²) in [6, 6.07) is 53.9. The molecule has 0 aliphatic heterocycles. The fourth-order valence-corrected chi connectivity index (χ4v) is 8.28. The standard InChI is InChI=1S/C54H44N3O2.Pt/c1-53(2,3)37-24-26-46(43(30-37)33-15-8-7-9-16-33)57-47-21-14-20-39(50(47)56-52(57)42-19-12-13-22-48(42)58)35-27-36(29-38(28-35)54(4,5)6)45-31-49-44(32-55-45)41-25-23-34-17-10-11-18-40(34)51(41)59-49;/h7-26,28-32,58H,1-6H3;/q-1;. The minimum absolute atomic E-state index is 0. The molecule has 7 aromatic carbocycles. The van der Waals surface area contributed by atoms with Crippen molar-refractivity contribution in [2.24, 2.45) is 0 Å². The molecule has 0 atom stereocenters. The van der Waals surface area contributed by atoms with Crippen LogP contribution in [0.25, 0.3) is 94.3 Å². The number of rotatable bonds is 5. The second-order valence-electron chi connectivity index (χ2n) is 17.6. The van der Waals surface area contributed by atoms with Crippen molar-refractivity contribution >= 4 is 43.7 Å². The number of aromatic nitrogens is 3. The maximum absolute atomic E-state index is 11.4. The van der Waals surface area contributed by atoms with Gasteiger partial charge in [0.05, 0.1) is 22.3 Å². The molecule has 0 saturated carbocycles. The molecule has 0 saturated heterocycles. The third-order valence-electron chi connectivity index (χ3n) is 11.6. The van der Waals surface area contributed by atoms with Gasteiger partial charge in [-0.1, -0.05) is 144 Å². The summed E-state index contributed by atoms with van der Waals surface area (Å²) < 4.78 is 8.79. The summed E-state index contributed by atoms with van der Waals surface area (Å²) >= 11 is 0. The van der Waals surface area contributed by atoms with E-state index in [1.165, 1.54) is 5.56 Å². The average molecular weight is 962 g/mol. The van der Waals surface area contributed by atoms with E-state index in [2.05, 4.69) is 155 Å². The van der Waals surface area contributed by atoms with E-state index in [0.29, 0.717) is 11.4 Å². The number of fused-ring (bicyclic) bond motifs is 6. The van der Waals surface area contributed by atoms with Crippen LogP contribution in [0.5, 0.6) is 5.75 Å². The smallest absolute Gasteiger partial charge is 0.148 e. The number of hydrogen-bond acceptors (Lipinski definition) is 4. The van der Waals surface area contributed by atoms with Gasteiger partial charge < -0.3 is 9.52 Å². The molecule has 0 radical (unpaired) electrons. The van der Waals surface area contributed by atoms with Gasteiger partial charge in [-0.2, -0.15) is 0 Å². The Hall–Kier alpha value is -6.29. The van der Waals surface area contributed by atoms with Gasteiger partial charge >= 0.3 is 0 Å². The van der Waals surface area contributed by atoms with Gasteiger partial charge in [0.15, 0.2) is 0 Å². The predicted octanol–water partition coefficient (Wildman–Crippen LogP) is 14.2. The van der Waals surface area contributed by atoms with E-state index < -0.39 is 0 Å². The van der Waals surface area contributed by atoms with E-state index >= 15 is 0 Å². The Labute approximate surface area is 364 Å². The topological polar surface area (TPSA) is 64.1 Å². The summed E-state index contributed by atoms with van der Waals surface area (Å²) in [4.78, 5) is 10.5. The summed E-state index contributed by atoms with van der Waals surface area (Å²) in [6.45, 7) is 13.4. The molecule has 0 fully saturated rings. The zero-order valence-electron chi connectivity index (χ0n) is 34.4. The summed E-state index contributed by atoms with van der Waals surface area (Å²) in [5, 5.41) is 15.6. The van der Waals surface area contributed by atoms with Crippen LogP contribution < -0.4 is 0 Å². The van der Waals surface area contributed by atoms with Crippen molar-refractivity contribution in [1.29, 1.82) is 0 Å². The first kappa shape index (κ1) is 39.2. The Morgan fingerprint density at radius 2 is 1.32 bits per heavy atom. The first-order valence-electron chi connectivity index (χ1n) is 20.2. The number of nitrogens with zero attached hydrogens (tertiary/aromatic N) is 3. The minimum Gasteiger partial charge on any atom is -0.507 e. The Morgan fingerprint density at radius 1 is 0.600 bits per heavy atom. The molecular weight excluding hydrogens is 918 g/mol. The molecule has 0 aliphatic carbocycles. The fourth-order valence-electron chi connectivity index (χ4n) is 8.28. The van der Waals surface area contributed by atoms with E-state index in [1.807, 2.05) is 42.6 Å². The Balaban J connectivity index is 0.00000462. The zero-order valence-corrected chi connectivity index (χ0v) is 36.7. The summed E-state index contributed by atoms with van der Waals surface area (Å²) in [5.74, 6) is 0.824.